The maximum Gasteiger partial charge on any atom is 0.228 e. The lowest BCUT2D eigenvalue weighted by atomic mass is 10.1. The Morgan fingerprint density at radius 1 is 1.50 bits per heavy atom. The minimum atomic E-state index is 0.0871. The number of carbonyl (C=O) groups is 1. The summed E-state index contributed by atoms with van der Waals surface area (Å²) < 4.78 is 1.94. The molecule has 0 saturated carbocycles. The topological polar surface area (TPSA) is 59.0 Å². The van der Waals surface area contributed by atoms with Gasteiger partial charge >= 0.3 is 0 Å². The number of carbonyl (C=O) groups excluding carboxylic acids is 1. The lowest BCUT2D eigenvalue weighted by Gasteiger charge is -2.09. The molecule has 1 atom stereocenters. The van der Waals surface area contributed by atoms with E-state index in [4.69, 9.17) is 0 Å². The smallest absolute Gasteiger partial charge is 0.228 e. The largest absolute Gasteiger partial charge is 0.326 e. The second kappa shape index (κ2) is 5.25. The molecule has 20 heavy (non-hydrogen) atoms. The third-order valence-corrected chi connectivity index (χ3v) is 3.75. The van der Waals surface area contributed by atoms with Gasteiger partial charge in [-0.15, -0.1) is 0 Å². The molecule has 1 saturated heterocycles. The molecule has 5 nitrogen and oxygen atoms in total. The molecule has 1 fully saturated rings. The number of fused-ring (bicyclic) bond motifs is 1. The molecular formula is C15H20N4O. The van der Waals surface area contributed by atoms with Crippen molar-refractivity contribution in [1.29, 1.82) is 0 Å². The Balaban J connectivity index is 1.79. The third kappa shape index (κ3) is 2.54. The predicted octanol–water partition coefficient (Wildman–Crippen LogP) is 2.17. The normalized spacial score (nSPS) is 18.9. The van der Waals surface area contributed by atoms with Crippen LogP contribution in [0.1, 0.15) is 26.3 Å². The van der Waals surface area contributed by atoms with Crippen molar-refractivity contribution in [2.75, 3.05) is 18.4 Å². The van der Waals surface area contributed by atoms with Crippen LogP contribution in [-0.2, 0) is 4.79 Å². The highest BCUT2D eigenvalue weighted by atomic mass is 16.1. The van der Waals surface area contributed by atoms with Crippen LogP contribution >= 0.6 is 0 Å². The maximum atomic E-state index is 12.1. The van der Waals surface area contributed by atoms with E-state index in [1.165, 1.54) is 0 Å². The van der Waals surface area contributed by atoms with Crippen LogP contribution in [-0.4, -0.2) is 28.8 Å². The molecule has 0 spiro atoms. The Morgan fingerprint density at radius 2 is 2.35 bits per heavy atom. The van der Waals surface area contributed by atoms with Gasteiger partial charge in [-0.2, -0.15) is 5.10 Å². The second-order valence-corrected chi connectivity index (χ2v) is 5.66. The minimum absolute atomic E-state index is 0.0871. The summed E-state index contributed by atoms with van der Waals surface area (Å²) in [6.07, 6.45) is 2.94. The number of hydrogen-bond donors (Lipinski definition) is 2. The molecule has 2 aromatic rings. The van der Waals surface area contributed by atoms with Crippen LogP contribution in [0, 0.1) is 5.92 Å². The fraction of sp³-hybridized carbons (Fsp3) is 0.467. The van der Waals surface area contributed by atoms with Gasteiger partial charge in [0, 0.05) is 29.9 Å². The van der Waals surface area contributed by atoms with Crippen LogP contribution in [0.15, 0.2) is 24.4 Å². The lowest BCUT2D eigenvalue weighted by molar-refractivity contribution is -0.119. The molecule has 2 heterocycles. The van der Waals surface area contributed by atoms with Crippen LogP contribution in [0.4, 0.5) is 5.69 Å². The van der Waals surface area contributed by atoms with Crippen molar-refractivity contribution in [3.05, 3.63) is 24.4 Å². The summed E-state index contributed by atoms with van der Waals surface area (Å²) in [5.74, 6) is 0.190. The average molecular weight is 272 g/mol. The molecule has 1 aromatic carbocycles. The van der Waals surface area contributed by atoms with Gasteiger partial charge in [0.25, 0.3) is 0 Å². The van der Waals surface area contributed by atoms with E-state index in [0.717, 1.165) is 36.1 Å². The summed E-state index contributed by atoms with van der Waals surface area (Å²) in [5, 5.41) is 11.8. The first-order valence-electron chi connectivity index (χ1n) is 7.14. The first-order valence-corrected chi connectivity index (χ1v) is 7.14. The Kier molecular flexibility index (Phi) is 3.44. The molecule has 5 heteroatoms. The summed E-state index contributed by atoms with van der Waals surface area (Å²) in [6, 6.07) is 6.20. The van der Waals surface area contributed by atoms with E-state index < -0.39 is 0 Å². The predicted molar refractivity (Wildman–Crippen MR) is 79.7 cm³/mol. The molecule has 1 unspecified atom stereocenters. The Hall–Kier alpha value is -1.88. The lowest BCUT2D eigenvalue weighted by Crippen LogP contribution is -2.24. The average Bonchev–Trinajstić information content (AvgIpc) is 3.07. The third-order valence-electron chi connectivity index (χ3n) is 3.75. The van der Waals surface area contributed by atoms with E-state index in [1.807, 2.05) is 29.1 Å². The number of aromatic nitrogens is 2. The molecule has 0 aliphatic carbocycles. The van der Waals surface area contributed by atoms with Crippen molar-refractivity contribution in [3.8, 4) is 0 Å². The maximum absolute atomic E-state index is 12.1. The molecule has 1 aromatic heterocycles. The zero-order chi connectivity index (χ0) is 14.1. The molecule has 1 amide bonds. The second-order valence-electron chi connectivity index (χ2n) is 5.66. The van der Waals surface area contributed by atoms with Gasteiger partial charge in [-0.1, -0.05) is 0 Å². The fourth-order valence-corrected chi connectivity index (χ4v) is 2.51. The van der Waals surface area contributed by atoms with Crippen molar-refractivity contribution in [3.63, 3.8) is 0 Å². The number of benzene rings is 1. The van der Waals surface area contributed by atoms with Crippen molar-refractivity contribution in [1.82, 2.24) is 15.1 Å². The van der Waals surface area contributed by atoms with Crippen LogP contribution in [0.25, 0.3) is 10.9 Å². The molecule has 0 bridgehead atoms. The number of anilines is 1. The van der Waals surface area contributed by atoms with E-state index in [0.29, 0.717) is 6.04 Å². The molecular weight excluding hydrogens is 252 g/mol. The fourth-order valence-electron chi connectivity index (χ4n) is 2.51. The first kappa shape index (κ1) is 13.1. The van der Waals surface area contributed by atoms with Gasteiger partial charge in [-0.25, -0.2) is 0 Å². The van der Waals surface area contributed by atoms with Crippen LogP contribution in [0.3, 0.4) is 0 Å². The van der Waals surface area contributed by atoms with Crippen molar-refractivity contribution in [2.45, 2.75) is 26.3 Å². The van der Waals surface area contributed by atoms with E-state index in [-0.39, 0.29) is 11.8 Å². The summed E-state index contributed by atoms with van der Waals surface area (Å²) in [5.41, 5.74) is 1.80. The highest BCUT2D eigenvalue weighted by molar-refractivity contribution is 5.95. The number of hydrogen-bond acceptors (Lipinski definition) is 3. The minimum Gasteiger partial charge on any atom is -0.326 e. The molecule has 106 valence electrons. The number of rotatable bonds is 3. The van der Waals surface area contributed by atoms with Crippen molar-refractivity contribution in [2.24, 2.45) is 5.92 Å². The van der Waals surface area contributed by atoms with Gasteiger partial charge in [0.2, 0.25) is 5.91 Å². The van der Waals surface area contributed by atoms with E-state index >= 15 is 0 Å². The summed E-state index contributed by atoms with van der Waals surface area (Å²) in [7, 11) is 0. The van der Waals surface area contributed by atoms with Gasteiger partial charge in [0.05, 0.1) is 11.4 Å². The quantitative estimate of drug-likeness (QED) is 0.900. The van der Waals surface area contributed by atoms with Crippen LogP contribution < -0.4 is 10.6 Å². The molecule has 2 N–H and O–H groups in total. The van der Waals surface area contributed by atoms with Gasteiger partial charge in [0.1, 0.15) is 0 Å². The van der Waals surface area contributed by atoms with E-state index in [1.54, 1.807) is 0 Å². The van der Waals surface area contributed by atoms with E-state index in [2.05, 4.69) is 29.6 Å². The highest BCUT2D eigenvalue weighted by Gasteiger charge is 2.22. The standard InChI is InChI=1S/C15H20N4O/c1-10(2)19-9-12-7-13(3-4-14(12)18-19)17-15(20)11-5-6-16-8-11/h3-4,7,9-11,16H,5-6,8H2,1-2H3,(H,17,20). The van der Waals surface area contributed by atoms with Crippen LogP contribution in [0.5, 0.6) is 0 Å². The van der Waals surface area contributed by atoms with Crippen LogP contribution in [0.2, 0.25) is 0 Å². The summed E-state index contributed by atoms with van der Waals surface area (Å²) >= 11 is 0. The number of amides is 1. The van der Waals surface area contributed by atoms with Crippen molar-refractivity contribution >= 4 is 22.5 Å². The van der Waals surface area contributed by atoms with E-state index in [9.17, 15) is 4.79 Å². The molecule has 1 aliphatic heterocycles. The summed E-state index contributed by atoms with van der Waals surface area (Å²) in [6.45, 7) is 5.90. The Bertz CT molecular complexity index is 626. The van der Waals surface area contributed by atoms with Gasteiger partial charge in [-0.3, -0.25) is 9.48 Å². The first-order chi connectivity index (χ1) is 9.63. The highest BCUT2D eigenvalue weighted by Crippen LogP contribution is 2.21. The zero-order valence-electron chi connectivity index (χ0n) is 11.9. The molecule has 3 rings (SSSR count). The molecule has 1 aliphatic rings. The SMILES string of the molecule is CC(C)n1cc2cc(NC(=O)C3CCNC3)ccc2n1. The number of nitrogens with zero attached hydrogens (tertiary/aromatic N) is 2. The monoisotopic (exact) mass is 272 g/mol. The van der Waals surface area contributed by atoms with Gasteiger partial charge in [-0.05, 0) is 45.0 Å². The Morgan fingerprint density at radius 3 is 3.05 bits per heavy atom. The molecule has 0 radical (unpaired) electrons. The zero-order valence-corrected chi connectivity index (χ0v) is 11.9. The van der Waals surface area contributed by atoms with Crippen molar-refractivity contribution < 1.29 is 4.79 Å². The summed E-state index contributed by atoms with van der Waals surface area (Å²) in [4.78, 5) is 12.1. The Labute approximate surface area is 118 Å². The number of nitrogens with one attached hydrogen (secondary N) is 2. The van der Waals surface area contributed by atoms with Gasteiger partial charge in [0.15, 0.2) is 0 Å². The van der Waals surface area contributed by atoms with Gasteiger partial charge < -0.3 is 10.6 Å².